The molecule has 1 amide bonds. The van der Waals surface area contributed by atoms with Gasteiger partial charge in [-0.2, -0.15) is 0 Å². The number of aryl methyl sites for hydroxylation is 1. The minimum absolute atomic E-state index is 0.159. The van der Waals surface area contributed by atoms with Gasteiger partial charge in [0, 0.05) is 18.2 Å². The highest BCUT2D eigenvalue weighted by molar-refractivity contribution is 7.93. The van der Waals surface area contributed by atoms with Crippen molar-refractivity contribution in [1.29, 1.82) is 0 Å². The highest BCUT2D eigenvalue weighted by atomic mass is 32.2. The maximum atomic E-state index is 12.5. The van der Waals surface area contributed by atoms with E-state index >= 15 is 0 Å². The van der Waals surface area contributed by atoms with Crippen LogP contribution in [0, 0.1) is 6.92 Å². The average Bonchev–Trinajstić information content (AvgIpc) is 3.10. The van der Waals surface area contributed by atoms with E-state index in [0.29, 0.717) is 41.5 Å². The summed E-state index contributed by atoms with van der Waals surface area (Å²) in [6.45, 7) is 2.47. The molecular weight excluding hydrogens is 402 g/mol. The Morgan fingerprint density at radius 2 is 1.77 bits per heavy atom. The Balaban J connectivity index is 1.39. The number of amides is 1. The summed E-state index contributed by atoms with van der Waals surface area (Å²) in [6.07, 6.45) is 2.13. The fourth-order valence-corrected chi connectivity index (χ4v) is 4.72. The Hall–Kier alpha value is -3.39. The molecular formula is C22H21N3O4S. The van der Waals surface area contributed by atoms with Crippen molar-refractivity contribution in [1.82, 2.24) is 4.98 Å². The van der Waals surface area contributed by atoms with Crippen LogP contribution in [-0.4, -0.2) is 31.6 Å². The summed E-state index contributed by atoms with van der Waals surface area (Å²) in [6, 6.07) is 17.5. The number of pyridine rings is 1. The Bertz CT molecular complexity index is 1140. The molecule has 0 radical (unpaired) electrons. The number of hydrogen-bond acceptors (Lipinski definition) is 5. The lowest BCUT2D eigenvalue weighted by Crippen LogP contribution is -2.25. The third-order valence-electron chi connectivity index (χ3n) is 4.75. The second kappa shape index (κ2) is 8.16. The molecule has 0 atom stereocenters. The highest BCUT2D eigenvalue weighted by Crippen LogP contribution is 2.25. The van der Waals surface area contributed by atoms with E-state index in [1.807, 2.05) is 31.2 Å². The molecule has 4 rings (SSSR count). The lowest BCUT2D eigenvalue weighted by Gasteiger charge is -2.17. The second-order valence-corrected chi connectivity index (χ2v) is 9.06. The lowest BCUT2D eigenvalue weighted by molar-refractivity contribution is 0.102. The Morgan fingerprint density at radius 1 is 1.03 bits per heavy atom. The number of nitrogens with zero attached hydrogens (tertiary/aromatic N) is 2. The van der Waals surface area contributed by atoms with Crippen LogP contribution in [0.25, 0.3) is 0 Å². The molecule has 1 fully saturated rings. The fourth-order valence-electron chi connectivity index (χ4n) is 3.15. The molecule has 30 heavy (non-hydrogen) atoms. The number of carbonyl (C=O) groups excluding carboxylic acids is 1. The molecule has 2 aromatic carbocycles. The molecule has 7 nitrogen and oxygen atoms in total. The van der Waals surface area contributed by atoms with E-state index in [2.05, 4.69) is 10.3 Å². The molecule has 8 heteroatoms. The van der Waals surface area contributed by atoms with Crippen LogP contribution in [-0.2, 0) is 10.0 Å². The van der Waals surface area contributed by atoms with E-state index in [-0.39, 0.29) is 11.7 Å². The molecule has 2 heterocycles. The third-order valence-corrected chi connectivity index (χ3v) is 6.62. The van der Waals surface area contributed by atoms with Crippen LogP contribution in [0.5, 0.6) is 11.6 Å². The molecule has 0 spiro atoms. The summed E-state index contributed by atoms with van der Waals surface area (Å²) in [5.41, 5.74) is 2.67. The zero-order valence-electron chi connectivity index (χ0n) is 16.4. The lowest BCUT2D eigenvalue weighted by atomic mass is 10.2. The summed E-state index contributed by atoms with van der Waals surface area (Å²) in [7, 11) is -3.24. The first-order chi connectivity index (χ1) is 14.4. The van der Waals surface area contributed by atoms with E-state index < -0.39 is 10.0 Å². The number of hydrogen-bond donors (Lipinski definition) is 1. The predicted molar refractivity (Wildman–Crippen MR) is 116 cm³/mol. The van der Waals surface area contributed by atoms with Crippen molar-refractivity contribution in [3.8, 4) is 11.6 Å². The van der Waals surface area contributed by atoms with Crippen molar-refractivity contribution in [3.63, 3.8) is 0 Å². The van der Waals surface area contributed by atoms with Gasteiger partial charge in [0.1, 0.15) is 5.75 Å². The maximum Gasteiger partial charge on any atom is 0.255 e. The highest BCUT2D eigenvalue weighted by Gasteiger charge is 2.28. The van der Waals surface area contributed by atoms with E-state index in [0.717, 1.165) is 5.56 Å². The molecule has 1 aliphatic rings. The molecule has 0 aliphatic carbocycles. The van der Waals surface area contributed by atoms with Gasteiger partial charge in [-0.25, -0.2) is 13.4 Å². The van der Waals surface area contributed by atoms with E-state index in [1.165, 1.54) is 10.5 Å². The van der Waals surface area contributed by atoms with Gasteiger partial charge in [0.2, 0.25) is 15.9 Å². The van der Waals surface area contributed by atoms with E-state index in [1.54, 1.807) is 36.4 Å². The number of sulfonamides is 1. The summed E-state index contributed by atoms with van der Waals surface area (Å²) < 4.78 is 31.1. The molecule has 1 aliphatic heterocycles. The van der Waals surface area contributed by atoms with Gasteiger partial charge in [-0.15, -0.1) is 0 Å². The van der Waals surface area contributed by atoms with Gasteiger partial charge < -0.3 is 10.1 Å². The van der Waals surface area contributed by atoms with Gasteiger partial charge in [0.15, 0.2) is 0 Å². The van der Waals surface area contributed by atoms with Gasteiger partial charge >= 0.3 is 0 Å². The Labute approximate surface area is 175 Å². The van der Waals surface area contributed by atoms with Crippen LogP contribution < -0.4 is 14.4 Å². The normalized spacial score (nSPS) is 15.0. The van der Waals surface area contributed by atoms with Gasteiger partial charge in [-0.05, 0) is 55.8 Å². The van der Waals surface area contributed by atoms with Gasteiger partial charge in [-0.1, -0.05) is 17.7 Å². The second-order valence-electron chi connectivity index (χ2n) is 7.04. The van der Waals surface area contributed by atoms with Gasteiger partial charge in [-0.3, -0.25) is 9.10 Å². The van der Waals surface area contributed by atoms with E-state index in [9.17, 15) is 13.2 Å². The molecule has 3 aromatic rings. The number of ether oxygens (including phenoxy) is 1. The SMILES string of the molecule is Cc1ccc(Oc2ccc(NC(=O)c3ccc(N4CCCS4(=O)=O)cc3)cn2)cc1. The minimum atomic E-state index is -3.24. The van der Waals surface area contributed by atoms with Crippen LogP contribution in [0.1, 0.15) is 22.3 Å². The summed E-state index contributed by atoms with van der Waals surface area (Å²) in [5.74, 6) is 0.962. The minimum Gasteiger partial charge on any atom is -0.439 e. The van der Waals surface area contributed by atoms with Crippen molar-refractivity contribution in [3.05, 3.63) is 78.0 Å². The number of nitrogens with one attached hydrogen (secondary N) is 1. The third kappa shape index (κ3) is 4.44. The van der Waals surface area contributed by atoms with Gasteiger partial charge in [0.05, 0.1) is 23.3 Å². The zero-order chi connectivity index (χ0) is 21.1. The largest absolute Gasteiger partial charge is 0.439 e. The van der Waals surface area contributed by atoms with Crippen LogP contribution >= 0.6 is 0 Å². The van der Waals surface area contributed by atoms with Crippen molar-refractivity contribution in [2.75, 3.05) is 21.9 Å². The zero-order valence-corrected chi connectivity index (χ0v) is 17.2. The molecule has 1 aromatic heterocycles. The van der Waals surface area contributed by atoms with Gasteiger partial charge in [0.25, 0.3) is 5.91 Å². The Kier molecular flexibility index (Phi) is 5.41. The summed E-state index contributed by atoms with van der Waals surface area (Å²) in [4.78, 5) is 16.7. The monoisotopic (exact) mass is 423 g/mol. The first-order valence-electron chi connectivity index (χ1n) is 9.53. The average molecular weight is 423 g/mol. The number of anilines is 2. The maximum absolute atomic E-state index is 12.5. The number of benzene rings is 2. The van der Waals surface area contributed by atoms with Crippen molar-refractivity contribution >= 4 is 27.3 Å². The summed E-state index contributed by atoms with van der Waals surface area (Å²) in [5, 5.41) is 2.77. The molecule has 154 valence electrons. The van der Waals surface area contributed by atoms with Crippen LogP contribution in [0.4, 0.5) is 11.4 Å². The number of carbonyl (C=O) groups is 1. The molecule has 1 saturated heterocycles. The van der Waals surface area contributed by atoms with Crippen LogP contribution in [0.15, 0.2) is 66.9 Å². The number of aromatic nitrogens is 1. The van der Waals surface area contributed by atoms with Crippen molar-refractivity contribution in [2.24, 2.45) is 0 Å². The summed E-state index contributed by atoms with van der Waals surface area (Å²) >= 11 is 0. The van der Waals surface area contributed by atoms with Crippen molar-refractivity contribution < 1.29 is 17.9 Å². The molecule has 0 unspecified atom stereocenters. The molecule has 1 N–H and O–H groups in total. The quantitative estimate of drug-likeness (QED) is 0.671. The predicted octanol–water partition coefficient (Wildman–Crippen LogP) is 3.97. The first kappa shape index (κ1) is 19.9. The number of rotatable bonds is 5. The smallest absolute Gasteiger partial charge is 0.255 e. The van der Waals surface area contributed by atoms with Crippen molar-refractivity contribution in [2.45, 2.75) is 13.3 Å². The molecule has 0 saturated carbocycles. The standard InChI is InChI=1S/C22H21N3O4S/c1-16-3-10-20(11-4-16)29-21-12-7-18(15-23-21)24-22(26)17-5-8-19(9-6-17)25-13-2-14-30(25,27)28/h3-12,15H,2,13-14H2,1H3,(H,24,26). The van der Waals surface area contributed by atoms with E-state index in [4.69, 9.17) is 4.74 Å². The molecule has 0 bridgehead atoms. The topological polar surface area (TPSA) is 88.6 Å². The fraction of sp³-hybridized carbons (Fsp3) is 0.182. The van der Waals surface area contributed by atoms with Crippen LogP contribution in [0.3, 0.4) is 0 Å². The Morgan fingerprint density at radius 3 is 2.37 bits per heavy atom. The van der Waals surface area contributed by atoms with Crippen LogP contribution in [0.2, 0.25) is 0 Å². The first-order valence-corrected chi connectivity index (χ1v) is 11.1.